The van der Waals surface area contributed by atoms with Gasteiger partial charge in [0.25, 0.3) is 5.91 Å². The summed E-state index contributed by atoms with van der Waals surface area (Å²) in [5.41, 5.74) is -0.0732. The summed E-state index contributed by atoms with van der Waals surface area (Å²) in [6, 6.07) is 4.08. The molecule has 0 aromatic heterocycles. The first-order valence-corrected chi connectivity index (χ1v) is 5.97. The molecule has 1 N–H and O–H groups in total. The summed E-state index contributed by atoms with van der Waals surface area (Å²) in [6.45, 7) is 3.41. The predicted molar refractivity (Wildman–Crippen MR) is 66.3 cm³/mol. The van der Waals surface area contributed by atoms with Crippen molar-refractivity contribution in [3.63, 3.8) is 0 Å². The van der Waals surface area contributed by atoms with Gasteiger partial charge in [0.05, 0.1) is 12.1 Å². The van der Waals surface area contributed by atoms with Crippen LogP contribution in [0.4, 0.5) is 4.39 Å². The fourth-order valence-electron chi connectivity index (χ4n) is 1.14. The standard InChI is InChI=1S/C12H13BrFNO2/c1-7(2)11(16)6-15-12(17)9-5-8(13)3-4-10(9)14/h3-5,7H,6H2,1-2H3,(H,15,17). The summed E-state index contributed by atoms with van der Waals surface area (Å²) < 4.78 is 13.9. The maximum absolute atomic E-state index is 13.3. The fraction of sp³-hybridized carbons (Fsp3) is 0.333. The number of amides is 1. The molecular weight excluding hydrogens is 289 g/mol. The van der Waals surface area contributed by atoms with Gasteiger partial charge < -0.3 is 5.32 Å². The van der Waals surface area contributed by atoms with Crippen LogP contribution >= 0.6 is 15.9 Å². The minimum absolute atomic E-state index is 0.0732. The van der Waals surface area contributed by atoms with Crippen molar-refractivity contribution in [2.45, 2.75) is 13.8 Å². The first kappa shape index (κ1) is 13.8. The second-order valence-corrected chi connectivity index (χ2v) is 4.84. The topological polar surface area (TPSA) is 46.2 Å². The van der Waals surface area contributed by atoms with Gasteiger partial charge in [0.1, 0.15) is 5.82 Å². The van der Waals surface area contributed by atoms with E-state index >= 15 is 0 Å². The van der Waals surface area contributed by atoms with Gasteiger partial charge in [-0.05, 0) is 18.2 Å². The van der Waals surface area contributed by atoms with Crippen molar-refractivity contribution in [1.82, 2.24) is 5.32 Å². The van der Waals surface area contributed by atoms with E-state index < -0.39 is 11.7 Å². The molecule has 0 aliphatic heterocycles. The molecule has 17 heavy (non-hydrogen) atoms. The smallest absolute Gasteiger partial charge is 0.254 e. The third kappa shape index (κ3) is 3.93. The van der Waals surface area contributed by atoms with E-state index in [0.717, 1.165) is 0 Å². The van der Waals surface area contributed by atoms with Crippen molar-refractivity contribution in [2.24, 2.45) is 5.92 Å². The number of nitrogens with one attached hydrogen (secondary N) is 1. The van der Waals surface area contributed by atoms with E-state index in [2.05, 4.69) is 21.2 Å². The largest absolute Gasteiger partial charge is 0.345 e. The number of hydrogen-bond donors (Lipinski definition) is 1. The first-order valence-electron chi connectivity index (χ1n) is 5.17. The maximum Gasteiger partial charge on any atom is 0.254 e. The molecule has 0 aliphatic rings. The number of hydrogen-bond acceptors (Lipinski definition) is 2. The van der Waals surface area contributed by atoms with Gasteiger partial charge in [0.2, 0.25) is 0 Å². The van der Waals surface area contributed by atoms with E-state index in [1.54, 1.807) is 13.8 Å². The number of ketones is 1. The molecule has 1 aromatic carbocycles. The van der Waals surface area contributed by atoms with Crippen LogP contribution in [0.1, 0.15) is 24.2 Å². The number of carbonyl (C=O) groups excluding carboxylic acids is 2. The lowest BCUT2D eigenvalue weighted by atomic mass is 10.1. The number of carbonyl (C=O) groups is 2. The van der Waals surface area contributed by atoms with E-state index in [4.69, 9.17) is 0 Å². The molecular formula is C12H13BrFNO2. The molecule has 5 heteroatoms. The van der Waals surface area contributed by atoms with E-state index in [-0.39, 0.29) is 23.8 Å². The zero-order valence-electron chi connectivity index (χ0n) is 9.59. The van der Waals surface area contributed by atoms with Crippen LogP contribution in [0.15, 0.2) is 22.7 Å². The second-order valence-electron chi connectivity index (χ2n) is 3.93. The molecule has 1 rings (SSSR count). The third-order valence-corrected chi connectivity index (χ3v) is 2.73. The Bertz CT molecular complexity index is 446. The molecule has 0 atom stereocenters. The Kier molecular flexibility index (Phi) is 4.81. The molecule has 0 saturated carbocycles. The van der Waals surface area contributed by atoms with Crippen LogP contribution in [-0.4, -0.2) is 18.2 Å². The Balaban J connectivity index is 2.70. The Morgan fingerprint density at radius 3 is 2.65 bits per heavy atom. The zero-order chi connectivity index (χ0) is 13.0. The quantitative estimate of drug-likeness (QED) is 0.929. The van der Waals surface area contributed by atoms with Crippen molar-refractivity contribution in [2.75, 3.05) is 6.54 Å². The fourth-order valence-corrected chi connectivity index (χ4v) is 1.50. The minimum Gasteiger partial charge on any atom is -0.345 e. The van der Waals surface area contributed by atoms with Crippen molar-refractivity contribution < 1.29 is 14.0 Å². The predicted octanol–water partition coefficient (Wildman–Crippen LogP) is 2.54. The molecule has 0 radical (unpaired) electrons. The van der Waals surface area contributed by atoms with Crippen molar-refractivity contribution in [1.29, 1.82) is 0 Å². The van der Waals surface area contributed by atoms with Crippen molar-refractivity contribution >= 4 is 27.6 Å². The highest BCUT2D eigenvalue weighted by Crippen LogP contribution is 2.15. The van der Waals surface area contributed by atoms with Crippen molar-refractivity contribution in [3.05, 3.63) is 34.1 Å². The van der Waals surface area contributed by atoms with E-state index in [9.17, 15) is 14.0 Å². The molecule has 0 heterocycles. The van der Waals surface area contributed by atoms with Crippen LogP contribution < -0.4 is 5.32 Å². The SMILES string of the molecule is CC(C)C(=O)CNC(=O)c1cc(Br)ccc1F. The van der Waals surface area contributed by atoms with Crippen molar-refractivity contribution in [3.8, 4) is 0 Å². The summed E-state index contributed by atoms with van der Waals surface area (Å²) in [5, 5.41) is 2.40. The van der Waals surface area contributed by atoms with Gasteiger partial charge in [-0.15, -0.1) is 0 Å². The Morgan fingerprint density at radius 2 is 2.06 bits per heavy atom. The van der Waals surface area contributed by atoms with Gasteiger partial charge in [-0.1, -0.05) is 29.8 Å². The van der Waals surface area contributed by atoms with E-state index in [1.165, 1.54) is 18.2 Å². The number of halogens is 2. The lowest BCUT2D eigenvalue weighted by Gasteiger charge is -2.07. The molecule has 0 saturated heterocycles. The molecule has 0 spiro atoms. The lowest BCUT2D eigenvalue weighted by Crippen LogP contribution is -2.32. The zero-order valence-corrected chi connectivity index (χ0v) is 11.2. The van der Waals surface area contributed by atoms with Crippen LogP contribution in [0.3, 0.4) is 0 Å². The molecule has 0 fully saturated rings. The third-order valence-electron chi connectivity index (χ3n) is 2.24. The summed E-state index contributed by atoms with van der Waals surface area (Å²) in [6.07, 6.45) is 0. The summed E-state index contributed by atoms with van der Waals surface area (Å²) in [4.78, 5) is 22.9. The van der Waals surface area contributed by atoms with Gasteiger partial charge >= 0.3 is 0 Å². The van der Waals surface area contributed by atoms with Crippen LogP contribution in [0.5, 0.6) is 0 Å². The van der Waals surface area contributed by atoms with Gasteiger partial charge in [-0.25, -0.2) is 4.39 Å². The van der Waals surface area contributed by atoms with Crippen LogP contribution in [0, 0.1) is 11.7 Å². The first-order chi connectivity index (χ1) is 7.91. The van der Waals surface area contributed by atoms with Gasteiger partial charge in [-0.2, -0.15) is 0 Å². The Morgan fingerprint density at radius 1 is 1.41 bits per heavy atom. The molecule has 1 aromatic rings. The molecule has 0 aliphatic carbocycles. The summed E-state index contributed by atoms with van der Waals surface area (Å²) in [5.74, 6) is -1.43. The van der Waals surface area contributed by atoms with Gasteiger partial charge in [-0.3, -0.25) is 9.59 Å². The number of benzene rings is 1. The second kappa shape index (κ2) is 5.91. The molecule has 1 amide bonds. The van der Waals surface area contributed by atoms with Crippen LogP contribution in [0.2, 0.25) is 0 Å². The van der Waals surface area contributed by atoms with E-state index in [0.29, 0.717) is 4.47 Å². The minimum atomic E-state index is -0.609. The monoisotopic (exact) mass is 301 g/mol. The molecule has 92 valence electrons. The number of Topliss-reactive ketones (excluding diaryl/α,β-unsaturated/α-hetero) is 1. The van der Waals surface area contributed by atoms with Crippen LogP contribution in [-0.2, 0) is 4.79 Å². The lowest BCUT2D eigenvalue weighted by molar-refractivity contribution is -0.120. The normalized spacial score (nSPS) is 10.4. The highest BCUT2D eigenvalue weighted by molar-refractivity contribution is 9.10. The highest BCUT2D eigenvalue weighted by Gasteiger charge is 2.14. The maximum atomic E-state index is 13.3. The average molecular weight is 302 g/mol. The molecule has 0 unspecified atom stereocenters. The summed E-state index contributed by atoms with van der Waals surface area (Å²) in [7, 11) is 0. The molecule has 3 nitrogen and oxygen atoms in total. The Labute approximate surface area is 108 Å². The van der Waals surface area contributed by atoms with Gasteiger partial charge in [0, 0.05) is 10.4 Å². The van der Waals surface area contributed by atoms with E-state index in [1.807, 2.05) is 0 Å². The average Bonchev–Trinajstić information content (AvgIpc) is 2.28. The summed E-state index contributed by atoms with van der Waals surface area (Å²) >= 11 is 3.15. The van der Waals surface area contributed by atoms with Crippen LogP contribution in [0.25, 0.3) is 0 Å². The highest BCUT2D eigenvalue weighted by atomic mass is 79.9. The van der Waals surface area contributed by atoms with Gasteiger partial charge in [0.15, 0.2) is 5.78 Å². The number of rotatable bonds is 4. The Hall–Kier alpha value is -1.23. The molecule has 0 bridgehead atoms.